The molecule has 2 rings (SSSR count). The van der Waals surface area contributed by atoms with Crippen molar-refractivity contribution in [3.63, 3.8) is 0 Å². The number of carbonyl (C=O) groups is 1. The summed E-state index contributed by atoms with van der Waals surface area (Å²) >= 11 is 0. The maximum atomic E-state index is 12.4. The second-order valence-electron chi connectivity index (χ2n) is 4.91. The number of anilines is 1. The minimum absolute atomic E-state index is 0.0698. The highest BCUT2D eigenvalue weighted by Gasteiger charge is 2.42. The van der Waals surface area contributed by atoms with Gasteiger partial charge in [-0.3, -0.25) is 4.79 Å². The van der Waals surface area contributed by atoms with E-state index in [9.17, 15) is 18.3 Å². The predicted octanol–water partition coefficient (Wildman–Crippen LogP) is -0.730. The quantitative estimate of drug-likeness (QED) is 0.634. The van der Waals surface area contributed by atoms with Crippen molar-refractivity contribution in [3.8, 4) is 0 Å². The molecule has 0 aromatic heterocycles. The summed E-state index contributed by atoms with van der Waals surface area (Å²) in [6, 6.07) is 5.75. The van der Waals surface area contributed by atoms with E-state index in [0.29, 0.717) is 12.1 Å². The highest BCUT2D eigenvalue weighted by molar-refractivity contribution is 7.89. The van der Waals surface area contributed by atoms with Crippen molar-refractivity contribution in [1.82, 2.24) is 4.31 Å². The summed E-state index contributed by atoms with van der Waals surface area (Å²) in [5, 5.41) is 10.1. The van der Waals surface area contributed by atoms with E-state index in [1.807, 2.05) is 0 Å². The van der Waals surface area contributed by atoms with Gasteiger partial charge in [-0.1, -0.05) is 0 Å². The van der Waals surface area contributed by atoms with Crippen molar-refractivity contribution in [2.45, 2.75) is 23.3 Å². The van der Waals surface area contributed by atoms with E-state index in [1.54, 1.807) is 0 Å². The lowest BCUT2D eigenvalue weighted by Gasteiger charge is -2.36. The van der Waals surface area contributed by atoms with Gasteiger partial charge in [0, 0.05) is 12.2 Å². The molecule has 1 amide bonds. The smallest absolute Gasteiger partial charge is 0.250 e. The van der Waals surface area contributed by atoms with E-state index in [2.05, 4.69) is 0 Å². The van der Waals surface area contributed by atoms with E-state index < -0.39 is 21.5 Å². The Balaban J connectivity index is 2.30. The van der Waals surface area contributed by atoms with Crippen LogP contribution in [0.4, 0.5) is 5.69 Å². The molecule has 1 atom stereocenters. The fourth-order valence-electron chi connectivity index (χ4n) is 2.19. The van der Waals surface area contributed by atoms with Crippen LogP contribution in [0.5, 0.6) is 0 Å². The number of hydrogen-bond donors (Lipinski definition) is 3. The molecular weight excluding hydrogens is 282 g/mol. The first-order chi connectivity index (χ1) is 9.25. The normalized spacial score (nSPS) is 24.4. The first kappa shape index (κ1) is 14.8. The minimum atomic E-state index is -3.77. The zero-order valence-electron chi connectivity index (χ0n) is 10.8. The van der Waals surface area contributed by atoms with Crippen LogP contribution in [0, 0.1) is 0 Å². The molecule has 1 aromatic rings. The third kappa shape index (κ3) is 2.62. The number of nitrogens with zero attached hydrogens (tertiary/aromatic N) is 1. The van der Waals surface area contributed by atoms with Crippen LogP contribution in [0.15, 0.2) is 29.2 Å². The monoisotopic (exact) mass is 299 g/mol. The molecule has 0 bridgehead atoms. The first-order valence-corrected chi connectivity index (χ1v) is 7.58. The maximum absolute atomic E-state index is 12.4. The van der Waals surface area contributed by atoms with E-state index in [0.717, 1.165) is 4.31 Å². The maximum Gasteiger partial charge on any atom is 0.250 e. The van der Waals surface area contributed by atoms with Crippen molar-refractivity contribution in [3.05, 3.63) is 24.3 Å². The number of rotatable bonds is 3. The van der Waals surface area contributed by atoms with E-state index in [-0.39, 0.29) is 24.4 Å². The fourth-order valence-corrected chi connectivity index (χ4v) is 3.72. The molecule has 1 fully saturated rings. The van der Waals surface area contributed by atoms with Crippen LogP contribution in [0.1, 0.15) is 12.8 Å². The molecular formula is C12H17N3O4S. The highest BCUT2D eigenvalue weighted by atomic mass is 32.2. The van der Waals surface area contributed by atoms with Gasteiger partial charge in [-0.05, 0) is 37.1 Å². The van der Waals surface area contributed by atoms with Crippen molar-refractivity contribution in [1.29, 1.82) is 0 Å². The molecule has 0 aliphatic carbocycles. The third-order valence-electron chi connectivity index (χ3n) is 3.41. The summed E-state index contributed by atoms with van der Waals surface area (Å²) in [6.07, 6.45) is 0.531. The lowest BCUT2D eigenvalue weighted by molar-refractivity contribution is -0.139. The van der Waals surface area contributed by atoms with Gasteiger partial charge < -0.3 is 16.6 Å². The molecule has 0 saturated carbocycles. The molecule has 1 unspecified atom stereocenters. The van der Waals surface area contributed by atoms with Crippen molar-refractivity contribution >= 4 is 21.6 Å². The van der Waals surface area contributed by atoms with Crippen LogP contribution in [0.25, 0.3) is 0 Å². The molecule has 1 aliphatic rings. The summed E-state index contributed by atoms with van der Waals surface area (Å²) in [5.74, 6) is -0.908. The zero-order chi connectivity index (χ0) is 15.0. The van der Waals surface area contributed by atoms with Crippen molar-refractivity contribution < 1.29 is 18.3 Å². The molecule has 1 saturated heterocycles. The van der Waals surface area contributed by atoms with E-state index in [4.69, 9.17) is 11.5 Å². The molecule has 0 radical (unpaired) electrons. The Hall–Kier alpha value is -1.64. The standard InChI is InChI=1S/C12H17N3O4S/c13-9-2-4-10(5-3-9)20(18,19)15-7-1-6-12(17,8-15)11(14)16/h2-5,17H,1,6-8,13H2,(H2,14,16). The van der Waals surface area contributed by atoms with Crippen molar-refractivity contribution in [2.75, 3.05) is 18.8 Å². The Labute approximate surface area is 117 Å². The number of aliphatic hydroxyl groups is 1. The number of hydrogen-bond acceptors (Lipinski definition) is 5. The number of nitrogen functional groups attached to an aromatic ring is 1. The molecule has 1 aromatic carbocycles. The molecule has 5 N–H and O–H groups in total. The Kier molecular flexibility index (Phi) is 3.72. The summed E-state index contributed by atoms with van der Waals surface area (Å²) in [5.41, 5.74) is 9.31. The molecule has 7 nitrogen and oxygen atoms in total. The average molecular weight is 299 g/mol. The van der Waals surface area contributed by atoms with Gasteiger partial charge in [-0.2, -0.15) is 4.31 Å². The van der Waals surface area contributed by atoms with Gasteiger partial charge >= 0.3 is 0 Å². The van der Waals surface area contributed by atoms with Gasteiger partial charge in [0.15, 0.2) is 5.60 Å². The van der Waals surface area contributed by atoms with E-state index in [1.165, 1.54) is 24.3 Å². The molecule has 0 spiro atoms. The third-order valence-corrected chi connectivity index (χ3v) is 5.27. The summed E-state index contributed by atoms with van der Waals surface area (Å²) in [6.45, 7) is -0.0860. The van der Waals surface area contributed by atoms with Crippen LogP contribution in [0.2, 0.25) is 0 Å². The topological polar surface area (TPSA) is 127 Å². The van der Waals surface area contributed by atoms with Crippen molar-refractivity contribution in [2.24, 2.45) is 5.73 Å². The van der Waals surface area contributed by atoms with Gasteiger partial charge in [-0.25, -0.2) is 8.42 Å². The highest BCUT2D eigenvalue weighted by Crippen LogP contribution is 2.26. The van der Waals surface area contributed by atoms with E-state index >= 15 is 0 Å². The second-order valence-corrected chi connectivity index (χ2v) is 6.84. The van der Waals surface area contributed by atoms with Crippen LogP contribution < -0.4 is 11.5 Å². The van der Waals surface area contributed by atoms with Gasteiger partial charge in [0.2, 0.25) is 10.0 Å². The lowest BCUT2D eigenvalue weighted by Crippen LogP contribution is -2.56. The van der Waals surface area contributed by atoms with Gasteiger partial charge in [-0.15, -0.1) is 0 Å². The molecule has 8 heteroatoms. The average Bonchev–Trinajstić information content (AvgIpc) is 2.39. The molecule has 1 aliphatic heterocycles. The Morgan fingerprint density at radius 1 is 1.30 bits per heavy atom. The largest absolute Gasteiger partial charge is 0.399 e. The van der Waals surface area contributed by atoms with Crippen LogP contribution >= 0.6 is 0 Å². The fraction of sp³-hybridized carbons (Fsp3) is 0.417. The SMILES string of the molecule is NC(=O)C1(O)CCCN(S(=O)(=O)c2ccc(N)cc2)C1. The first-order valence-electron chi connectivity index (χ1n) is 6.14. The number of carbonyl (C=O) groups excluding carboxylic acids is 1. The molecule has 110 valence electrons. The predicted molar refractivity (Wildman–Crippen MR) is 73.0 cm³/mol. The molecule has 1 heterocycles. The summed E-state index contributed by atoms with van der Waals surface area (Å²) in [7, 11) is -3.77. The second kappa shape index (κ2) is 5.04. The number of β-amino-alcohol motifs (C(OH)–C–C–N with tert-alkyl or cyclic N) is 1. The van der Waals surface area contributed by atoms with Crippen LogP contribution in [0.3, 0.4) is 0 Å². The Morgan fingerprint density at radius 3 is 2.45 bits per heavy atom. The number of sulfonamides is 1. The van der Waals surface area contributed by atoms with Gasteiger partial charge in [0.25, 0.3) is 5.91 Å². The minimum Gasteiger partial charge on any atom is -0.399 e. The Morgan fingerprint density at radius 2 is 1.90 bits per heavy atom. The number of piperidine rings is 1. The van der Waals surface area contributed by atoms with Gasteiger partial charge in [0.05, 0.1) is 11.4 Å². The Bertz CT molecular complexity index is 614. The molecule has 20 heavy (non-hydrogen) atoms. The lowest BCUT2D eigenvalue weighted by atomic mass is 9.94. The number of benzene rings is 1. The number of nitrogens with two attached hydrogens (primary N) is 2. The summed E-state index contributed by atoms with van der Waals surface area (Å²) in [4.78, 5) is 11.3. The van der Waals surface area contributed by atoms with Crippen LogP contribution in [-0.4, -0.2) is 42.4 Å². The zero-order valence-corrected chi connectivity index (χ0v) is 11.6. The van der Waals surface area contributed by atoms with Crippen LogP contribution in [-0.2, 0) is 14.8 Å². The summed E-state index contributed by atoms with van der Waals surface area (Å²) < 4.78 is 25.9. The van der Waals surface area contributed by atoms with Gasteiger partial charge in [0.1, 0.15) is 0 Å². The number of primary amides is 1. The number of amides is 1.